The Bertz CT molecular complexity index is 1020. The molecule has 35 heavy (non-hydrogen) atoms. The quantitative estimate of drug-likeness (QED) is 0.269. The highest BCUT2D eigenvalue weighted by Gasteiger charge is 2.18. The van der Waals surface area contributed by atoms with Gasteiger partial charge in [-0.1, -0.05) is 45.1 Å². The molecule has 188 valence electrons. The molecular formula is C27H34BrN3O3S. The molecule has 0 aliphatic carbocycles. The molecule has 2 amide bonds. The van der Waals surface area contributed by atoms with Crippen molar-refractivity contribution < 1.29 is 14.3 Å². The van der Waals surface area contributed by atoms with Gasteiger partial charge in [0.2, 0.25) is 0 Å². The normalized spacial score (nSPS) is 13.6. The third-order valence-corrected chi connectivity index (χ3v) is 6.76. The van der Waals surface area contributed by atoms with Crippen molar-refractivity contribution in [2.45, 2.75) is 58.3 Å². The highest BCUT2D eigenvalue weighted by molar-refractivity contribution is 9.10. The standard InChI is InChI=1S/C27H34BrN3O3S/c1-2-3-4-9-17-34-24-14-13-20(19-23(24)28)25(32)30-27(35)29-22-12-10-11-21(18-22)26(33)31-15-7-5-6-8-16-31/h10-14,18-19H,2-9,15-17H2,1H3,(H2,29,30,32,35). The van der Waals surface area contributed by atoms with Crippen LogP contribution in [-0.4, -0.2) is 41.5 Å². The Hall–Kier alpha value is -2.45. The molecule has 0 unspecified atom stereocenters. The fraction of sp³-hybridized carbons (Fsp3) is 0.444. The summed E-state index contributed by atoms with van der Waals surface area (Å²) in [7, 11) is 0. The van der Waals surface area contributed by atoms with Gasteiger partial charge in [0.05, 0.1) is 11.1 Å². The van der Waals surface area contributed by atoms with Crippen molar-refractivity contribution in [3.63, 3.8) is 0 Å². The molecule has 1 aliphatic rings. The molecular weight excluding hydrogens is 526 g/mol. The van der Waals surface area contributed by atoms with Crippen LogP contribution in [0.2, 0.25) is 0 Å². The number of anilines is 1. The lowest BCUT2D eigenvalue weighted by Crippen LogP contribution is -2.34. The summed E-state index contributed by atoms with van der Waals surface area (Å²) < 4.78 is 6.53. The number of hydrogen-bond acceptors (Lipinski definition) is 4. The van der Waals surface area contributed by atoms with E-state index in [2.05, 4.69) is 33.5 Å². The molecule has 3 rings (SSSR count). The van der Waals surface area contributed by atoms with Crippen molar-refractivity contribution in [1.29, 1.82) is 0 Å². The maximum Gasteiger partial charge on any atom is 0.257 e. The zero-order valence-electron chi connectivity index (χ0n) is 20.3. The molecule has 2 N–H and O–H groups in total. The molecule has 1 aliphatic heterocycles. The molecule has 0 atom stereocenters. The summed E-state index contributed by atoms with van der Waals surface area (Å²) in [5.74, 6) is 0.419. The molecule has 0 saturated carbocycles. The summed E-state index contributed by atoms with van der Waals surface area (Å²) in [6.45, 7) is 4.42. The Morgan fingerprint density at radius 3 is 2.49 bits per heavy atom. The molecule has 8 heteroatoms. The van der Waals surface area contributed by atoms with Crippen molar-refractivity contribution in [1.82, 2.24) is 10.2 Å². The van der Waals surface area contributed by atoms with Gasteiger partial charge in [-0.25, -0.2) is 0 Å². The van der Waals surface area contributed by atoms with E-state index in [1.807, 2.05) is 23.1 Å². The maximum absolute atomic E-state index is 12.9. The number of benzene rings is 2. The maximum atomic E-state index is 12.9. The van der Waals surface area contributed by atoms with E-state index in [9.17, 15) is 9.59 Å². The molecule has 6 nitrogen and oxygen atoms in total. The molecule has 0 radical (unpaired) electrons. The number of thiocarbonyl (C=S) groups is 1. The predicted molar refractivity (Wildman–Crippen MR) is 148 cm³/mol. The summed E-state index contributed by atoms with van der Waals surface area (Å²) in [5, 5.41) is 5.89. The lowest BCUT2D eigenvalue weighted by molar-refractivity contribution is 0.0761. The molecule has 0 spiro atoms. The van der Waals surface area contributed by atoms with Crippen LogP contribution in [-0.2, 0) is 0 Å². The van der Waals surface area contributed by atoms with Crippen molar-refractivity contribution in [2.75, 3.05) is 25.0 Å². The number of ether oxygens (including phenoxy) is 1. The first-order chi connectivity index (χ1) is 17.0. The van der Waals surface area contributed by atoms with E-state index in [4.69, 9.17) is 17.0 Å². The van der Waals surface area contributed by atoms with Gasteiger partial charge in [0, 0.05) is 29.9 Å². The van der Waals surface area contributed by atoms with Crippen LogP contribution >= 0.6 is 28.1 Å². The molecule has 1 heterocycles. The topological polar surface area (TPSA) is 70.7 Å². The number of nitrogens with one attached hydrogen (secondary N) is 2. The third kappa shape index (κ3) is 8.61. The number of nitrogens with zero attached hydrogens (tertiary/aromatic N) is 1. The summed E-state index contributed by atoms with van der Waals surface area (Å²) in [4.78, 5) is 27.5. The van der Waals surface area contributed by atoms with Crippen molar-refractivity contribution in [3.05, 3.63) is 58.1 Å². The van der Waals surface area contributed by atoms with Gasteiger partial charge in [-0.3, -0.25) is 14.9 Å². The second-order valence-corrected chi connectivity index (χ2v) is 10.0. The Balaban J connectivity index is 1.53. The highest BCUT2D eigenvalue weighted by Crippen LogP contribution is 2.26. The SMILES string of the molecule is CCCCCCOc1ccc(C(=O)NC(=S)Nc2cccc(C(=O)N3CCCCCC3)c2)cc1Br. The van der Waals surface area contributed by atoms with Gasteiger partial charge in [0.1, 0.15) is 5.75 Å². The number of carbonyl (C=O) groups is 2. The fourth-order valence-corrected chi connectivity index (χ4v) is 4.70. The largest absolute Gasteiger partial charge is 0.492 e. The van der Waals surface area contributed by atoms with Crippen molar-refractivity contribution in [2.24, 2.45) is 0 Å². The van der Waals surface area contributed by atoms with Gasteiger partial charge >= 0.3 is 0 Å². The van der Waals surface area contributed by atoms with E-state index >= 15 is 0 Å². The van der Waals surface area contributed by atoms with Crippen LogP contribution in [0.4, 0.5) is 5.69 Å². The van der Waals surface area contributed by atoms with Crippen molar-refractivity contribution >= 4 is 50.8 Å². The van der Waals surface area contributed by atoms with Crippen LogP contribution in [0.5, 0.6) is 5.75 Å². The van der Waals surface area contributed by atoms with Gasteiger partial charge < -0.3 is 15.0 Å². The molecule has 1 saturated heterocycles. The summed E-state index contributed by atoms with van der Waals surface area (Å²) in [5.41, 5.74) is 1.73. The molecule has 1 fully saturated rings. The number of amides is 2. The van der Waals surface area contributed by atoms with E-state index in [1.165, 1.54) is 25.7 Å². The number of likely N-dealkylation sites (tertiary alicyclic amines) is 1. The zero-order chi connectivity index (χ0) is 25.0. The van der Waals surface area contributed by atoms with Crippen LogP contribution < -0.4 is 15.4 Å². The summed E-state index contributed by atoms with van der Waals surface area (Å²) in [6, 6.07) is 12.4. The van der Waals surface area contributed by atoms with Crippen molar-refractivity contribution in [3.8, 4) is 5.75 Å². The van der Waals surface area contributed by atoms with Gasteiger partial charge in [0.15, 0.2) is 5.11 Å². The van der Waals surface area contributed by atoms with Gasteiger partial charge in [-0.2, -0.15) is 0 Å². The Kier molecular flexibility index (Phi) is 11.0. The Morgan fingerprint density at radius 2 is 1.77 bits per heavy atom. The third-order valence-electron chi connectivity index (χ3n) is 5.94. The lowest BCUT2D eigenvalue weighted by atomic mass is 10.1. The monoisotopic (exact) mass is 559 g/mol. The van der Waals surface area contributed by atoms with Crippen LogP contribution in [0.15, 0.2) is 46.9 Å². The fourth-order valence-electron chi connectivity index (χ4n) is 3.99. The van der Waals surface area contributed by atoms with E-state index in [0.717, 1.165) is 43.2 Å². The van der Waals surface area contributed by atoms with E-state index in [1.54, 1.807) is 24.3 Å². The summed E-state index contributed by atoms with van der Waals surface area (Å²) >= 11 is 8.83. The average Bonchev–Trinajstić information content (AvgIpc) is 3.14. The van der Waals surface area contributed by atoms with Crippen LogP contribution in [0.25, 0.3) is 0 Å². The molecule has 2 aromatic carbocycles. The molecule has 2 aromatic rings. The number of carbonyl (C=O) groups excluding carboxylic acids is 2. The van der Waals surface area contributed by atoms with E-state index in [0.29, 0.717) is 29.2 Å². The van der Waals surface area contributed by atoms with E-state index < -0.39 is 0 Å². The van der Waals surface area contributed by atoms with Gasteiger partial charge in [-0.05, 0) is 83.8 Å². The van der Waals surface area contributed by atoms with Gasteiger partial charge in [0.25, 0.3) is 11.8 Å². The van der Waals surface area contributed by atoms with Crippen LogP contribution in [0.1, 0.15) is 79.0 Å². The number of hydrogen-bond donors (Lipinski definition) is 2. The lowest BCUT2D eigenvalue weighted by Gasteiger charge is -2.20. The Morgan fingerprint density at radius 1 is 1.00 bits per heavy atom. The second-order valence-electron chi connectivity index (χ2n) is 8.75. The minimum absolute atomic E-state index is 0.0306. The predicted octanol–water partition coefficient (Wildman–Crippen LogP) is 6.55. The first-order valence-electron chi connectivity index (χ1n) is 12.4. The minimum Gasteiger partial charge on any atom is -0.492 e. The first kappa shape index (κ1) is 27.1. The second kappa shape index (κ2) is 14.2. The van der Waals surface area contributed by atoms with E-state index in [-0.39, 0.29) is 16.9 Å². The molecule has 0 aromatic heterocycles. The number of unbranched alkanes of at least 4 members (excludes halogenated alkanes) is 3. The zero-order valence-corrected chi connectivity index (χ0v) is 22.7. The van der Waals surface area contributed by atoms with Gasteiger partial charge in [-0.15, -0.1) is 0 Å². The smallest absolute Gasteiger partial charge is 0.257 e. The van der Waals surface area contributed by atoms with Crippen LogP contribution in [0, 0.1) is 0 Å². The average molecular weight is 561 g/mol. The number of rotatable bonds is 9. The minimum atomic E-state index is -0.325. The molecule has 0 bridgehead atoms. The highest BCUT2D eigenvalue weighted by atomic mass is 79.9. The first-order valence-corrected chi connectivity index (χ1v) is 13.6. The van der Waals surface area contributed by atoms with Crippen LogP contribution in [0.3, 0.4) is 0 Å². The summed E-state index contributed by atoms with van der Waals surface area (Å²) in [6.07, 6.45) is 8.98. The Labute approximate surface area is 221 Å². The number of halogens is 1.